The van der Waals surface area contributed by atoms with Gasteiger partial charge in [0.1, 0.15) is 5.58 Å². The van der Waals surface area contributed by atoms with Gasteiger partial charge in [-0.3, -0.25) is 0 Å². The van der Waals surface area contributed by atoms with E-state index in [0.717, 1.165) is 22.5 Å². The predicted octanol–water partition coefficient (Wildman–Crippen LogP) is 1.52. The Bertz CT molecular complexity index is 610. The van der Waals surface area contributed by atoms with Crippen molar-refractivity contribution in [3.63, 3.8) is 0 Å². The molecule has 2 aromatic heterocycles. The predicted molar refractivity (Wildman–Crippen MR) is 52.5 cm³/mol. The first-order valence-electron chi connectivity index (χ1n) is 4.49. The molecular weight excluding hydrogens is 192 g/mol. The van der Waals surface area contributed by atoms with Gasteiger partial charge >= 0.3 is 0 Å². The smallest absolute Gasteiger partial charge is 0.153 e. The summed E-state index contributed by atoms with van der Waals surface area (Å²) < 4.78 is 6.86. The number of aromatic nitrogens is 4. The van der Waals surface area contributed by atoms with Gasteiger partial charge in [0, 0.05) is 11.5 Å². The van der Waals surface area contributed by atoms with E-state index in [2.05, 4.69) is 21.6 Å². The molecule has 0 N–H and O–H groups in total. The van der Waals surface area contributed by atoms with Gasteiger partial charge in [0.15, 0.2) is 5.82 Å². The van der Waals surface area contributed by atoms with Gasteiger partial charge in [-0.1, -0.05) is 0 Å². The number of furan rings is 1. The van der Waals surface area contributed by atoms with Crippen molar-refractivity contribution in [1.29, 1.82) is 0 Å². The van der Waals surface area contributed by atoms with Gasteiger partial charge in [-0.15, -0.1) is 5.10 Å². The van der Waals surface area contributed by atoms with Crippen LogP contribution in [0.5, 0.6) is 0 Å². The Morgan fingerprint density at radius 1 is 1.47 bits per heavy atom. The molecule has 0 amide bonds. The first-order chi connectivity index (χ1) is 7.34. The topological polar surface area (TPSA) is 56.7 Å². The number of aryl methyl sites for hydroxylation is 1. The highest BCUT2D eigenvalue weighted by atomic mass is 16.3. The van der Waals surface area contributed by atoms with E-state index in [0.29, 0.717) is 0 Å². The molecule has 2 heterocycles. The SMILES string of the molecule is Cc1nnnn1-c1c[c]c2occc2c1. The van der Waals surface area contributed by atoms with Gasteiger partial charge < -0.3 is 4.42 Å². The van der Waals surface area contributed by atoms with Crippen LogP contribution in [0, 0.1) is 13.0 Å². The molecule has 5 nitrogen and oxygen atoms in total. The number of tetrazole rings is 1. The molecule has 0 saturated carbocycles. The first kappa shape index (κ1) is 8.16. The van der Waals surface area contributed by atoms with E-state index in [1.807, 2.05) is 19.1 Å². The zero-order valence-electron chi connectivity index (χ0n) is 8.01. The van der Waals surface area contributed by atoms with Crippen molar-refractivity contribution in [3.05, 3.63) is 36.4 Å². The van der Waals surface area contributed by atoms with Crippen molar-refractivity contribution in [2.45, 2.75) is 6.92 Å². The second-order valence-electron chi connectivity index (χ2n) is 3.20. The third-order valence-electron chi connectivity index (χ3n) is 2.22. The average Bonchev–Trinajstić information content (AvgIpc) is 2.84. The number of hydrogen-bond donors (Lipinski definition) is 0. The number of hydrogen-bond acceptors (Lipinski definition) is 4. The van der Waals surface area contributed by atoms with E-state index in [1.54, 1.807) is 17.0 Å². The van der Waals surface area contributed by atoms with Crippen LogP contribution >= 0.6 is 0 Å². The molecule has 0 unspecified atom stereocenters. The van der Waals surface area contributed by atoms with Crippen molar-refractivity contribution in [2.24, 2.45) is 0 Å². The van der Waals surface area contributed by atoms with Crippen molar-refractivity contribution >= 4 is 11.0 Å². The molecule has 3 aromatic rings. The average molecular weight is 199 g/mol. The monoisotopic (exact) mass is 199 g/mol. The molecule has 3 rings (SSSR count). The Morgan fingerprint density at radius 2 is 2.40 bits per heavy atom. The third kappa shape index (κ3) is 1.20. The molecule has 0 fully saturated rings. The van der Waals surface area contributed by atoms with Gasteiger partial charge in [-0.2, -0.15) is 4.68 Å². The minimum atomic E-state index is 0.740. The lowest BCUT2D eigenvalue weighted by Crippen LogP contribution is -1.98. The highest BCUT2D eigenvalue weighted by Gasteiger charge is 2.05. The van der Waals surface area contributed by atoms with E-state index >= 15 is 0 Å². The maximum absolute atomic E-state index is 5.20. The van der Waals surface area contributed by atoms with E-state index in [1.165, 1.54) is 0 Å². The van der Waals surface area contributed by atoms with Crippen molar-refractivity contribution in [1.82, 2.24) is 20.2 Å². The molecule has 1 radical (unpaired) electrons. The fraction of sp³-hybridized carbons (Fsp3) is 0.100. The van der Waals surface area contributed by atoms with Gasteiger partial charge in [0.25, 0.3) is 0 Å². The Labute approximate surface area is 85.3 Å². The standard InChI is InChI=1S/C10H7N4O/c1-7-11-12-13-14(7)9-2-3-10-8(6-9)4-5-15-10/h2,4-6H,1H3. The fourth-order valence-corrected chi connectivity index (χ4v) is 1.48. The summed E-state index contributed by atoms with van der Waals surface area (Å²) in [5.41, 5.74) is 1.62. The largest absolute Gasteiger partial charge is 0.464 e. The van der Waals surface area contributed by atoms with E-state index < -0.39 is 0 Å². The first-order valence-corrected chi connectivity index (χ1v) is 4.49. The van der Waals surface area contributed by atoms with Crippen molar-refractivity contribution < 1.29 is 4.42 Å². The minimum absolute atomic E-state index is 0.740. The van der Waals surface area contributed by atoms with Crippen LogP contribution in [-0.4, -0.2) is 20.2 Å². The highest BCUT2D eigenvalue weighted by molar-refractivity contribution is 5.78. The minimum Gasteiger partial charge on any atom is -0.464 e. The summed E-state index contributed by atoms with van der Waals surface area (Å²) in [6.07, 6.45) is 1.64. The molecular formula is C10H7N4O. The Hall–Kier alpha value is -2.17. The second-order valence-corrected chi connectivity index (χ2v) is 3.20. The molecule has 0 aliphatic heterocycles. The van der Waals surface area contributed by atoms with Crippen molar-refractivity contribution in [2.75, 3.05) is 0 Å². The normalized spacial score (nSPS) is 11.0. The summed E-state index contributed by atoms with van der Waals surface area (Å²) >= 11 is 0. The summed E-state index contributed by atoms with van der Waals surface area (Å²) in [5.74, 6) is 0.742. The highest BCUT2D eigenvalue weighted by Crippen LogP contribution is 2.18. The summed E-state index contributed by atoms with van der Waals surface area (Å²) in [4.78, 5) is 0. The van der Waals surface area contributed by atoms with Crippen molar-refractivity contribution in [3.8, 4) is 5.69 Å². The summed E-state index contributed by atoms with van der Waals surface area (Å²) in [5, 5.41) is 12.3. The van der Waals surface area contributed by atoms with Crippen LogP contribution in [0.1, 0.15) is 5.82 Å². The third-order valence-corrected chi connectivity index (χ3v) is 2.22. The fourth-order valence-electron chi connectivity index (χ4n) is 1.48. The van der Waals surface area contributed by atoms with E-state index in [4.69, 9.17) is 4.42 Å². The van der Waals surface area contributed by atoms with Crippen LogP contribution in [0.3, 0.4) is 0 Å². The number of fused-ring (bicyclic) bond motifs is 1. The molecule has 0 bridgehead atoms. The molecule has 0 atom stereocenters. The molecule has 15 heavy (non-hydrogen) atoms. The molecule has 1 aromatic carbocycles. The van der Waals surface area contributed by atoms with Crippen LogP contribution in [0.4, 0.5) is 0 Å². The Morgan fingerprint density at radius 3 is 3.20 bits per heavy atom. The number of nitrogens with zero attached hydrogens (tertiary/aromatic N) is 4. The zero-order valence-corrected chi connectivity index (χ0v) is 8.01. The quantitative estimate of drug-likeness (QED) is 0.596. The molecule has 0 spiro atoms. The lowest BCUT2D eigenvalue weighted by Gasteiger charge is -2.00. The van der Waals surface area contributed by atoms with E-state index in [9.17, 15) is 0 Å². The maximum Gasteiger partial charge on any atom is 0.153 e. The van der Waals surface area contributed by atoms with Gasteiger partial charge in [0.05, 0.1) is 12.0 Å². The number of rotatable bonds is 1. The van der Waals surface area contributed by atoms with Crippen LogP contribution in [-0.2, 0) is 0 Å². The van der Waals surface area contributed by atoms with Crippen LogP contribution in [0.25, 0.3) is 16.7 Å². The second kappa shape index (κ2) is 2.91. The molecule has 0 saturated heterocycles. The van der Waals surface area contributed by atoms with Gasteiger partial charge in [-0.25, -0.2) is 0 Å². The van der Waals surface area contributed by atoms with Gasteiger partial charge in [-0.05, 0) is 35.5 Å². The van der Waals surface area contributed by atoms with Gasteiger partial charge in [0.2, 0.25) is 0 Å². The lowest BCUT2D eigenvalue weighted by atomic mass is 10.2. The Kier molecular flexibility index (Phi) is 1.58. The Balaban J connectivity index is 2.23. The molecule has 73 valence electrons. The van der Waals surface area contributed by atoms with Crippen LogP contribution in [0.15, 0.2) is 28.9 Å². The number of benzene rings is 1. The molecule has 0 aliphatic rings. The zero-order chi connectivity index (χ0) is 10.3. The van der Waals surface area contributed by atoms with Crippen LogP contribution in [0.2, 0.25) is 0 Å². The maximum atomic E-state index is 5.20. The van der Waals surface area contributed by atoms with Crippen LogP contribution < -0.4 is 0 Å². The van der Waals surface area contributed by atoms with E-state index in [-0.39, 0.29) is 0 Å². The molecule has 5 heteroatoms. The summed E-state index contributed by atoms with van der Waals surface area (Å²) in [7, 11) is 0. The summed E-state index contributed by atoms with van der Waals surface area (Å²) in [6.45, 7) is 1.85. The summed E-state index contributed by atoms with van der Waals surface area (Å²) in [6, 6.07) is 8.67. The molecule has 0 aliphatic carbocycles. The lowest BCUT2D eigenvalue weighted by molar-refractivity contribution is 0.615.